The number of nitrogens with zero attached hydrogens (tertiary/aromatic N) is 2. The maximum Gasteiger partial charge on any atom is 0.237 e. The fraction of sp³-hybridized carbons (Fsp3) is 0.588. The van der Waals surface area contributed by atoms with Crippen LogP contribution in [0, 0.1) is 0 Å². The van der Waals surface area contributed by atoms with Crippen molar-refractivity contribution >= 4 is 17.5 Å². The summed E-state index contributed by atoms with van der Waals surface area (Å²) >= 11 is 5.86. The minimum Gasteiger partial charge on any atom is -0.392 e. The molecule has 1 aromatic rings. The Morgan fingerprint density at radius 2 is 1.83 bits per heavy atom. The van der Waals surface area contributed by atoms with Crippen molar-refractivity contribution in [3.63, 3.8) is 0 Å². The predicted octanol–water partition coefficient (Wildman–Crippen LogP) is 1.34. The van der Waals surface area contributed by atoms with Crippen LogP contribution in [0.25, 0.3) is 0 Å². The number of rotatable bonds is 6. The van der Waals surface area contributed by atoms with E-state index >= 15 is 0 Å². The number of amides is 1. The molecule has 0 radical (unpaired) electrons. The summed E-state index contributed by atoms with van der Waals surface area (Å²) in [6, 6.07) is 7.35. The van der Waals surface area contributed by atoms with Crippen molar-refractivity contribution in [2.45, 2.75) is 32.5 Å². The Balaban J connectivity index is 1.75. The minimum atomic E-state index is -0.304. The second-order valence-electron chi connectivity index (χ2n) is 6.21. The van der Waals surface area contributed by atoms with Gasteiger partial charge in [-0.25, -0.2) is 0 Å². The molecule has 6 heteroatoms. The second-order valence-corrected chi connectivity index (χ2v) is 6.64. The van der Waals surface area contributed by atoms with Gasteiger partial charge in [-0.1, -0.05) is 23.7 Å². The Kier molecular flexibility index (Phi) is 6.84. The largest absolute Gasteiger partial charge is 0.392 e. The Bertz CT molecular complexity index is 499. The first kappa shape index (κ1) is 18.2. The summed E-state index contributed by atoms with van der Waals surface area (Å²) < 4.78 is 0. The van der Waals surface area contributed by atoms with Gasteiger partial charge >= 0.3 is 0 Å². The topological polar surface area (TPSA) is 55.8 Å². The van der Waals surface area contributed by atoms with Crippen molar-refractivity contribution in [2.75, 3.05) is 32.7 Å². The summed E-state index contributed by atoms with van der Waals surface area (Å²) in [7, 11) is 0. The van der Waals surface area contributed by atoms with Gasteiger partial charge in [0.25, 0.3) is 0 Å². The van der Waals surface area contributed by atoms with Gasteiger partial charge in [0.05, 0.1) is 12.1 Å². The van der Waals surface area contributed by atoms with Crippen molar-refractivity contribution in [1.29, 1.82) is 0 Å². The van der Waals surface area contributed by atoms with Gasteiger partial charge in [-0.05, 0) is 31.5 Å². The number of halogens is 1. The average molecular weight is 340 g/mol. The Hall–Kier alpha value is -1.14. The third-order valence-electron chi connectivity index (χ3n) is 4.24. The van der Waals surface area contributed by atoms with E-state index in [0.717, 1.165) is 31.7 Å². The molecule has 1 amide bonds. The summed E-state index contributed by atoms with van der Waals surface area (Å²) in [4.78, 5) is 16.7. The van der Waals surface area contributed by atoms with Gasteiger partial charge in [-0.3, -0.25) is 14.6 Å². The quantitative estimate of drug-likeness (QED) is 0.821. The summed E-state index contributed by atoms with van der Waals surface area (Å²) in [6.45, 7) is 8.44. The Morgan fingerprint density at radius 3 is 2.39 bits per heavy atom. The standard InChI is InChI=1S/C17H26ClN3O2/c1-13(22)12-20-7-9-21(10-8-20)14(2)17(23)19-11-15-3-5-16(18)6-4-15/h3-6,13-14,22H,7-12H2,1-2H3,(H,19,23)/t13-,14+/m1/s1. The predicted molar refractivity (Wildman–Crippen MR) is 92.5 cm³/mol. The highest BCUT2D eigenvalue weighted by Crippen LogP contribution is 2.10. The number of aliphatic hydroxyl groups excluding tert-OH is 1. The van der Waals surface area contributed by atoms with Gasteiger partial charge in [0.1, 0.15) is 0 Å². The van der Waals surface area contributed by atoms with Gasteiger partial charge in [-0.15, -0.1) is 0 Å². The fourth-order valence-electron chi connectivity index (χ4n) is 2.81. The van der Waals surface area contributed by atoms with Crippen molar-refractivity contribution in [1.82, 2.24) is 15.1 Å². The summed E-state index contributed by atoms with van der Waals surface area (Å²) in [6.07, 6.45) is -0.304. The van der Waals surface area contributed by atoms with Gasteiger partial charge in [0.15, 0.2) is 0 Å². The SMILES string of the molecule is C[C@@H](O)CN1CCN([C@@H](C)C(=O)NCc2ccc(Cl)cc2)CC1. The lowest BCUT2D eigenvalue weighted by Gasteiger charge is -2.37. The number of hydrogen-bond acceptors (Lipinski definition) is 4. The molecule has 1 aromatic carbocycles. The number of β-amino-alcohol motifs (C(OH)–C–C–N with tert-alkyl or cyclic N) is 1. The Morgan fingerprint density at radius 1 is 1.22 bits per heavy atom. The normalized spacial score (nSPS) is 19.3. The molecule has 1 aliphatic rings. The van der Waals surface area contributed by atoms with Crippen LogP contribution >= 0.6 is 11.6 Å². The molecule has 0 bridgehead atoms. The maximum atomic E-state index is 12.3. The fourth-order valence-corrected chi connectivity index (χ4v) is 2.94. The van der Waals surface area contributed by atoms with Crippen molar-refractivity contribution in [2.24, 2.45) is 0 Å². The monoisotopic (exact) mass is 339 g/mol. The highest BCUT2D eigenvalue weighted by atomic mass is 35.5. The van der Waals surface area contributed by atoms with Crippen molar-refractivity contribution in [3.8, 4) is 0 Å². The van der Waals surface area contributed by atoms with E-state index in [-0.39, 0.29) is 18.1 Å². The highest BCUT2D eigenvalue weighted by molar-refractivity contribution is 6.30. The third kappa shape index (κ3) is 5.77. The molecule has 1 heterocycles. The second kappa shape index (κ2) is 8.64. The van der Waals surface area contributed by atoms with Crippen LogP contribution in [0.2, 0.25) is 5.02 Å². The molecule has 1 aliphatic heterocycles. The first-order valence-corrected chi connectivity index (χ1v) is 8.50. The molecular weight excluding hydrogens is 314 g/mol. The molecule has 0 spiro atoms. The number of nitrogens with one attached hydrogen (secondary N) is 1. The van der Waals surface area contributed by atoms with Gasteiger partial charge in [0.2, 0.25) is 5.91 Å². The van der Waals surface area contributed by atoms with Crippen LogP contribution in [0.1, 0.15) is 19.4 Å². The minimum absolute atomic E-state index is 0.0453. The molecule has 128 valence electrons. The average Bonchev–Trinajstić information content (AvgIpc) is 2.53. The first-order valence-electron chi connectivity index (χ1n) is 8.12. The van der Waals surface area contributed by atoms with E-state index in [1.165, 1.54) is 0 Å². The zero-order valence-electron chi connectivity index (χ0n) is 13.8. The van der Waals surface area contributed by atoms with Gasteiger partial charge in [0, 0.05) is 44.3 Å². The van der Waals surface area contributed by atoms with Crippen LogP contribution in [0.3, 0.4) is 0 Å². The zero-order valence-corrected chi connectivity index (χ0v) is 14.6. The van der Waals surface area contributed by atoms with Gasteiger partial charge in [-0.2, -0.15) is 0 Å². The molecule has 1 fully saturated rings. The van der Waals surface area contributed by atoms with E-state index in [0.29, 0.717) is 18.1 Å². The van der Waals surface area contributed by atoms with Gasteiger partial charge < -0.3 is 10.4 Å². The lowest BCUT2D eigenvalue weighted by Crippen LogP contribution is -2.54. The number of piperazine rings is 1. The van der Waals surface area contributed by atoms with Crippen LogP contribution < -0.4 is 5.32 Å². The lowest BCUT2D eigenvalue weighted by molar-refractivity contribution is -0.126. The number of hydrogen-bond donors (Lipinski definition) is 2. The highest BCUT2D eigenvalue weighted by Gasteiger charge is 2.25. The molecule has 1 saturated heterocycles. The molecule has 0 aromatic heterocycles. The molecule has 0 saturated carbocycles. The molecule has 2 N–H and O–H groups in total. The Labute approximate surface area is 143 Å². The number of aliphatic hydroxyl groups is 1. The molecule has 23 heavy (non-hydrogen) atoms. The van der Waals surface area contributed by atoms with E-state index in [2.05, 4.69) is 15.1 Å². The van der Waals surface area contributed by atoms with Crippen LogP contribution in [0.15, 0.2) is 24.3 Å². The molecule has 5 nitrogen and oxygen atoms in total. The van der Waals surface area contributed by atoms with Crippen LogP contribution in [0.4, 0.5) is 0 Å². The van der Waals surface area contributed by atoms with Crippen LogP contribution in [-0.4, -0.2) is 65.7 Å². The molecular formula is C17H26ClN3O2. The van der Waals surface area contributed by atoms with E-state index < -0.39 is 0 Å². The smallest absolute Gasteiger partial charge is 0.237 e. The van der Waals surface area contributed by atoms with E-state index in [1.807, 2.05) is 31.2 Å². The number of carbonyl (C=O) groups is 1. The van der Waals surface area contributed by atoms with Crippen LogP contribution in [0.5, 0.6) is 0 Å². The zero-order chi connectivity index (χ0) is 16.8. The summed E-state index contributed by atoms with van der Waals surface area (Å²) in [5, 5.41) is 13.1. The molecule has 2 atom stereocenters. The third-order valence-corrected chi connectivity index (χ3v) is 4.49. The van der Waals surface area contributed by atoms with Crippen LogP contribution in [-0.2, 0) is 11.3 Å². The van der Waals surface area contributed by atoms with Crippen molar-refractivity contribution < 1.29 is 9.90 Å². The molecule has 0 unspecified atom stereocenters. The maximum absolute atomic E-state index is 12.3. The van der Waals surface area contributed by atoms with E-state index in [4.69, 9.17) is 11.6 Å². The lowest BCUT2D eigenvalue weighted by atomic mass is 10.2. The van der Waals surface area contributed by atoms with Crippen molar-refractivity contribution in [3.05, 3.63) is 34.9 Å². The number of benzene rings is 1. The first-order chi connectivity index (χ1) is 11.0. The molecule has 0 aliphatic carbocycles. The number of carbonyl (C=O) groups excluding carboxylic acids is 1. The van der Waals surface area contributed by atoms with E-state index in [9.17, 15) is 9.90 Å². The molecule has 2 rings (SSSR count). The summed E-state index contributed by atoms with van der Waals surface area (Å²) in [5.74, 6) is 0.0453. The van der Waals surface area contributed by atoms with E-state index in [1.54, 1.807) is 6.92 Å². The summed E-state index contributed by atoms with van der Waals surface area (Å²) in [5.41, 5.74) is 1.04.